The number of ketones is 1. The Kier molecular flexibility index (Phi) is 7.80. The second-order valence-corrected chi connectivity index (χ2v) is 8.38. The number of methoxy groups -OCH3 is 1. The summed E-state index contributed by atoms with van der Waals surface area (Å²) in [5.74, 6) is -0.604. The van der Waals surface area contributed by atoms with Crippen LogP contribution < -0.4 is 9.47 Å². The number of hydrogen-bond acceptors (Lipinski definition) is 6. The van der Waals surface area contributed by atoms with E-state index in [9.17, 15) is 9.59 Å². The first kappa shape index (κ1) is 23.8. The van der Waals surface area contributed by atoms with Crippen LogP contribution in [0.15, 0.2) is 54.6 Å². The van der Waals surface area contributed by atoms with Gasteiger partial charge in [0.2, 0.25) is 0 Å². The highest BCUT2D eigenvalue weighted by Gasteiger charge is 2.27. The molecule has 6 nitrogen and oxygen atoms in total. The maximum atomic E-state index is 13.1. The van der Waals surface area contributed by atoms with Gasteiger partial charge in [-0.25, -0.2) is 4.79 Å². The molecule has 0 amide bonds. The Morgan fingerprint density at radius 2 is 1.76 bits per heavy atom. The van der Waals surface area contributed by atoms with E-state index >= 15 is 0 Å². The van der Waals surface area contributed by atoms with Crippen molar-refractivity contribution in [3.63, 3.8) is 0 Å². The predicted molar refractivity (Wildman–Crippen MR) is 130 cm³/mol. The number of carbonyl (C=O) groups excluding carboxylic acids is 2. The molecular weight excluding hydrogens is 432 g/mol. The predicted octanol–water partition coefficient (Wildman–Crippen LogP) is 5.48. The molecule has 0 atom stereocenters. The summed E-state index contributed by atoms with van der Waals surface area (Å²) in [5.41, 5.74) is 2.33. The summed E-state index contributed by atoms with van der Waals surface area (Å²) in [7, 11) is 1.56. The number of Topliss-reactive ketones (excluding diaryl/α,β-unsaturated/α-hetero) is 1. The van der Waals surface area contributed by atoms with E-state index < -0.39 is 11.8 Å². The van der Waals surface area contributed by atoms with Crippen LogP contribution in [0.1, 0.15) is 54.1 Å². The molecule has 4 rings (SSSR count). The van der Waals surface area contributed by atoms with Crippen molar-refractivity contribution in [2.45, 2.75) is 45.1 Å². The molecule has 1 aliphatic rings. The molecule has 0 heterocycles. The highest BCUT2D eigenvalue weighted by molar-refractivity contribution is 6.43. The standard InChI is InChI=1S/C28H30O6/c1-3-32-28(30)26(29)23-17-24(34-21-13-7-8-14-21)27(33-18-31-2)25-20(12-9-15-22(23)25)16-19-10-5-4-6-11-19/h4-6,9-12,15,17,21H,3,7-8,13-14,16,18H2,1-2H3. The van der Waals surface area contributed by atoms with E-state index in [1.165, 1.54) is 0 Å². The van der Waals surface area contributed by atoms with Crippen molar-refractivity contribution in [3.8, 4) is 11.5 Å². The lowest BCUT2D eigenvalue weighted by atomic mass is 9.93. The largest absolute Gasteiger partial charge is 0.486 e. The number of fused-ring (bicyclic) bond motifs is 1. The fraction of sp³-hybridized carbons (Fsp3) is 0.357. The molecule has 0 spiro atoms. The maximum Gasteiger partial charge on any atom is 0.379 e. The molecule has 0 saturated heterocycles. The first-order valence-electron chi connectivity index (χ1n) is 11.7. The molecule has 0 bridgehead atoms. The highest BCUT2D eigenvalue weighted by Crippen LogP contribution is 2.42. The molecule has 0 radical (unpaired) electrons. The molecule has 34 heavy (non-hydrogen) atoms. The SMILES string of the molecule is CCOC(=O)C(=O)c1cc(OC2CCCC2)c(OCOC)c2c(Cc3ccccc3)cccc12. The first-order valence-corrected chi connectivity index (χ1v) is 11.7. The van der Waals surface area contributed by atoms with E-state index in [2.05, 4.69) is 12.1 Å². The van der Waals surface area contributed by atoms with Gasteiger partial charge < -0.3 is 18.9 Å². The summed E-state index contributed by atoms with van der Waals surface area (Å²) < 4.78 is 22.6. The van der Waals surface area contributed by atoms with Gasteiger partial charge in [-0.2, -0.15) is 0 Å². The third-order valence-electron chi connectivity index (χ3n) is 6.03. The van der Waals surface area contributed by atoms with Gasteiger partial charge in [-0.3, -0.25) is 4.79 Å². The van der Waals surface area contributed by atoms with E-state index in [0.29, 0.717) is 23.3 Å². The molecule has 0 aliphatic heterocycles. The molecule has 0 N–H and O–H groups in total. The average molecular weight is 463 g/mol. The molecule has 178 valence electrons. The molecule has 3 aromatic rings. The summed E-state index contributed by atoms with van der Waals surface area (Å²) in [6.45, 7) is 1.83. The summed E-state index contributed by atoms with van der Waals surface area (Å²) >= 11 is 0. The summed E-state index contributed by atoms with van der Waals surface area (Å²) in [4.78, 5) is 25.5. The second-order valence-electron chi connectivity index (χ2n) is 8.38. The van der Waals surface area contributed by atoms with E-state index in [-0.39, 0.29) is 25.1 Å². The van der Waals surface area contributed by atoms with Gasteiger partial charge in [0, 0.05) is 18.1 Å². The van der Waals surface area contributed by atoms with Crippen molar-refractivity contribution in [2.24, 2.45) is 0 Å². The Hall–Kier alpha value is -3.38. The Morgan fingerprint density at radius 1 is 1.00 bits per heavy atom. The van der Waals surface area contributed by atoms with Crippen LogP contribution in [0.5, 0.6) is 11.5 Å². The molecule has 1 fully saturated rings. The number of ether oxygens (including phenoxy) is 4. The van der Waals surface area contributed by atoms with Gasteiger partial charge in [0.25, 0.3) is 5.78 Å². The van der Waals surface area contributed by atoms with Gasteiger partial charge in [0.15, 0.2) is 18.3 Å². The molecule has 0 unspecified atom stereocenters. The minimum Gasteiger partial charge on any atom is -0.486 e. The number of esters is 1. The van der Waals surface area contributed by atoms with Gasteiger partial charge in [0.05, 0.1) is 12.7 Å². The topological polar surface area (TPSA) is 71.1 Å². The second kappa shape index (κ2) is 11.2. The van der Waals surface area contributed by atoms with Crippen molar-refractivity contribution in [1.29, 1.82) is 0 Å². The van der Waals surface area contributed by atoms with E-state index in [0.717, 1.165) is 42.2 Å². The van der Waals surface area contributed by atoms with Crippen LogP contribution in [0.2, 0.25) is 0 Å². The molecular formula is C28H30O6. The molecule has 0 aromatic heterocycles. The Labute approximate surface area is 199 Å². The fourth-order valence-electron chi connectivity index (χ4n) is 4.48. The van der Waals surface area contributed by atoms with Crippen LogP contribution in [0.25, 0.3) is 10.8 Å². The highest BCUT2D eigenvalue weighted by atomic mass is 16.7. The summed E-state index contributed by atoms with van der Waals surface area (Å²) in [6, 6.07) is 17.4. The van der Waals surface area contributed by atoms with Gasteiger partial charge >= 0.3 is 5.97 Å². The van der Waals surface area contributed by atoms with E-state index in [4.69, 9.17) is 18.9 Å². The van der Waals surface area contributed by atoms with Crippen molar-refractivity contribution < 1.29 is 28.5 Å². The van der Waals surface area contributed by atoms with Crippen molar-refractivity contribution in [3.05, 3.63) is 71.3 Å². The number of carbonyl (C=O) groups is 2. The van der Waals surface area contributed by atoms with Gasteiger partial charge in [-0.05, 0) is 61.6 Å². The minimum absolute atomic E-state index is 0.0287. The Morgan fingerprint density at radius 3 is 2.47 bits per heavy atom. The average Bonchev–Trinajstić information content (AvgIpc) is 3.36. The third kappa shape index (κ3) is 5.23. The summed E-state index contributed by atoms with van der Waals surface area (Å²) in [6.07, 6.45) is 4.74. The monoisotopic (exact) mass is 462 g/mol. The zero-order valence-electron chi connectivity index (χ0n) is 19.7. The Bertz CT molecular complexity index is 1150. The van der Waals surface area contributed by atoms with E-state index in [1.54, 1.807) is 20.1 Å². The van der Waals surface area contributed by atoms with Crippen LogP contribution in [0.4, 0.5) is 0 Å². The van der Waals surface area contributed by atoms with Crippen LogP contribution in [-0.4, -0.2) is 38.4 Å². The minimum atomic E-state index is -0.880. The zero-order chi connectivity index (χ0) is 23.9. The van der Waals surface area contributed by atoms with Crippen molar-refractivity contribution in [2.75, 3.05) is 20.5 Å². The number of rotatable bonds is 10. The Balaban J connectivity index is 1.92. The maximum absolute atomic E-state index is 13.1. The molecule has 1 saturated carbocycles. The first-order chi connectivity index (χ1) is 16.6. The van der Waals surface area contributed by atoms with Crippen molar-refractivity contribution in [1.82, 2.24) is 0 Å². The third-order valence-corrected chi connectivity index (χ3v) is 6.03. The van der Waals surface area contributed by atoms with Crippen LogP contribution in [0.3, 0.4) is 0 Å². The summed E-state index contributed by atoms with van der Waals surface area (Å²) in [5, 5.41) is 1.36. The van der Waals surface area contributed by atoms with Crippen LogP contribution in [-0.2, 0) is 20.7 Å². The van der Waals surface area contributed by atoms with Gasteiger partial charge in [-0.15, -0.1) is 0 Å². The van der Waals surface area contributed by atoms with Crippen LogP contribution in [0, 0.1) is 0 Å². The molecule has 1 aliphatic carbocycles. The fourth-order valence-corrected chi connectivity index (χ4v) is 4.48. The number of hydrogen-bond donors (Lipinski definition) is 0. The normalized spacial score (nSPS) is 13.7. The lowest BCUT2D eigenvalue weighted by Crippen LogP contribution is -2.19. The number of benzene rings is 3. The zero-order valence-corrected chi connectivity index (χ0v) is 19.7. The lowest BCUT2D eigenvalue weighted by molar-refractivity contribution is -0.137. The van der Waals surface area contributed by atoms with Crippen LogP contribution >= 0.6 is 0 Å². The van der Waals surface area contributed by atoms with Gasteiger partial charge in [0.1, 0.15) is 0 Å². The molecule has 6 heteroatoms. The quantitative estimate of drug-likeness (QED) is 0.172. The lowest BCUT2D eigenvalue weighted by Gasteiger charge is -2.21. The van der Waals surface area contributed by atoms with Crippen molar-refractivity contribution >= 4 is 22.5 Å². The van der Waals surface area contributed by atoms with Gasteiger partial charge in [-0.1, -0.05) is 48.5 Å². The molecule has 3 aromatic carbocycles. The smallest absolute Gasteiger partial charge is 0.379 e. The van der Waals surface area contributed by atoms with E-state index in [1.807, 2.05) is 36.4 Å².